The van der Waals surface area contributed by atoms with Gasteiger partial charge in [0, 0.05) is 25.7 Å². The molecule has 14 heavy (non-hydrogen) atoms. The van der Waals surface area contributed by atoms with Crippen molar-refractivity contribution in [2.75, 3.05) is 13.6 Å². The first-order valence-corrected chi connectivity index (χ1v) is 4.77. The van der Waals surface area contributed by atoms with Crippen LogP contribution in [-0.2, 0) is 9.59 Å². The van der Waals surface area contributed by atoms with Gasteiger partial charge in [-0.1, -0.05) is 6.58 Å². The summed E-state index contributed by atoms with van der Waals surface area (Å²) in [6.07, 6.45) is 1.88. The highest BCUT2D eigenvalue weighted by molar-refractivity contribution is 5.93. The van der Waals surface area contributed by atoms with Crippen LogP contribution < -0.4 is 5.32 Å². The summed E-state index contributed by atoms with van der Waals surface area (Å²) in [5, 5.41) is 2.74. The first kappa shape index (κ1) is 9.24. The molecule has 4 heteroatoms. The van der Waals surface area contributed by atoms with E-state index in [0.717, 1.165) is 18.5 Å². The lowest BCUT2D eigenvalue weighted by atomic mass is 9.78. The van der Waals surface area contributed by atoms with E-state index in [1.807, 2.05) is 0 Å². The Balaban J connectivity index is 2.21. The van der Waals surface area contributed by atoms with Gasteiger partial charge in [0.05, 0.1) is 5.41 Å². The maximum Gasteiger partial charge on any atom is 0.232 e. The Hall–Kier alpha value is -1.32. The van der Waals surface area contributed by atoms with Crippen molar-refractivity contribution >= 4 is 11.8 Å². The molecule has 2 rings (SSSR count). The molecule has 2 aliphatic heterocycles. The van der Waals surface area contributed by atoms with Crippen LogP contribution in [0.1, 0.15) is 19.3 Å². The molecule has 0 radical (unpaired) electrons. The number of rotatable bonds is 0. The van der Waals surface area contributed by atoms with E-state index in [0.29, 0.717) is 13.0 Å². The van der Waals surface area contributed by atoms with Crippen molar-refractivity contribution < 1.29 is 9.59 Å². The summed E-state index contributed by atoms with van der Waals surface area (Å²) in [6, 6.07) is 0. The average molecular weight is 194 g/mol. The molecule has 1 spiro atoms. The van der Waals surface area contributed by atoms with Crippen molar-refractivity contribution in [1.82, 2.24) is 10.2 Å². The Labute approximate surface area is 83.0 Å². The standard InChI is InChI=1S/C10H14N2O2/c1-7-3-4-10(9(14)11-7)5-8(13)12(2)6-10/h1,3-6H2,2H3,(H,11,14). The van der Waals surface area contributed by atoms with Crippen LogP contribution in [0.15, 0.2) is 12.3 Å². The van der Waals surface area contributed by atoms with Gasteiger partial charge in [0.25, 0.3) is 0 Å². The predicted octanol–water partition coefficient (Wildman–Crippen LogP) is 0.259. The molecule has 0 bridgehead atoms. The van der Waals surface area contributed by atoms with E-state index in [4.69, 9.17) is 0 Å². The van der Waals surface area contributed by atoms with Crippen LogP contribution in [0.3, 0.4) is 0 Å². The molecule has 0 aromatic rings. The summed E-state index contributed by atoms with van der Waals surface area (Å²) in [5.41, 5.74) is 0.287. The van der Waals surface area contributed by atoms with Crippen molar-refractivity contribution in [3.63, 3.8) is 0 Å². The van der Waals surface area contributed by atoms with Crippen molar-refractivity contribution in [3.8, 4) is 0 Å². The van der Waals surface area contributed by atoms with Crippen LogP contribution in [0.25, 0.3) is 0 Å². The lowest BCUT2D eigenvalue weighted by molar-refractivity contribution is -0.133. The summed E-state index contributed by atoms with van der Waals surface area (Å²) in [6.45, 7) is 4.27. The van der Waals surface area contributed by atoms with E-state index in [9.17, 15) is 9.59 Å². The fraction of sp³-hybridized carbons (Fsp3) is 0.600. The summed E-state index contributed by atoms with van der Waals surface area (Å²) >= 11 is 0. The number of likely N-dealkylation sites (tertiary alicyclic amines) is 1. The number of carbonyl (C=O) groups is 2. The SMILES string of the molecule is C=C1CCC2(CC(=O)N(C)C2)C(=O)N1. The molecule has 2 saturated heterocycles. The zero-order valence-electron chi connectivity index (χ0n) is 8.30. The number of allylic oxidation sites excluding steroid dienone is 1. The molecule has 0 saturated carbocycles. The number of hydrogen-bond acceptors (Lipinski definition) is 2. The molecule has 1 atom stereocenters. The second-order valence-corrected chi connectivity index (χ2v) is 4.26. The van der Waals surface area contributed by atoms with Gasteiger partial charge in [0.2, 0.25) is 11.8 Å². The van der Waals surface area contributed by atoms with E-state index in [2.05, 4.69) is 11.9 Å². The van der Waals surface area contributed by atoms with E-state index in [-0.39, 0.29) is 11.8 Å². The van der Waals surface area contributed by atoms with E-state index in [1.165, 1.54) is 0 Å². The molecule has 4 nitrogen and oxygen atoms in total. The number of amides is 2. The van der Waals surface area contributed by atoms with Gasteiger partial charge in [-0.05, 0) is 12.8 Å². The highest BCUT2D eigenvalue weighted by atomic mass is 16.2. The number of nitrogens with zero attached hydrogens (tertiary/aromatic N) is 1. The number of piperidine rings is 1. The molecular weight excluding hydrogens is 180 g/mol. The van der Waals surface area contributed by atoms with Crippen molar-refractivity contribution in [2.45, 2.75) is 19.3 Å². The largest absolute Gasteiger partial charge is 0.345 e. The first-order valence-electron chi connectivity index (χ1n) is 4.77. The molecule has 2 heterocycles. The zero-order valence-corrected chi connectivity index (χ0v) is 8.30. The Bertz CT molecular complexity index is 324. The van der Waals surface area contributed by atoms with Crippen molar-refractivity contribution in [1.29, 1.82) is 0 Å². The minimum atomic E-state index is -0.479. The third kappa shape index (κ3) is 1.22. The second kappa shape index (κ2) is 2.83. The third-order valence-electron chi connectivity index (χ3n) is 3.13. The highest BCUT2D eigenvalue weighted by Gasteiger charge is 2.49. The number of carbonyl (C=O) groups excluding carboxylic acids is 2. The van der Waals surface area contributed by atoms with Gasteiger partial charge < -0.3 is 10.2 Å². The molecule has 2 aliphatic rings. The van der Waals surface area contributed by atoms with Crippen LogP contribution in [0.5, 0.6) is 0 Å². The Morgan fingerprint density at radius 1 is 1.50 bits per heavy atom. The Morgan fingerprint density at radius 2 is 2.21 bits per heavy atom. The van der Waals surface area contributed by atoms with Crippen LogP contribution in [0, 0.1) is 5.41 Å². The van der Waals surface area contributed by atoms with Crippen LogP contribution >= 0.6 is 0 Å². The topological polar surface area (TPSA) is 49.4 Å². The number of nitrogens with one attached hydrogen (secondary N) is 1. The predicted molar refractivity (Wildman–Crippen MR) is 51.2 cm³/mol. The minimum Gasteiger partial charge on any atom is -0.345 e. The van der Waals surface area contributed by atoms with Gasteiger partial charge in [0.1, 0.15) is 0 Å². The highest BCUT2D eigenvalue weighted by Crippen LogP contribution is 2.38. The Morgan fingerprint density at radius 3 is 2.71 bits per heavy atom. The van der Waals surface area contributed by atoms with Gasteiger partial charge in [0.15, 0.2) is 0 Å². The van der Waals surface area contributed by atoms with Gasteiger partial charge in [-0.2, -0.15) is 0 Å². The van der Waals surface area contributed by atoms with Gasteiger partial charge in [-0.15, -0.1) is 0 Å². The molecule has 0 aromatic carbocycles. The molecule has 2 amide bonds. The first-order chi connectivity index (χ1) is 6.53. The summed E-state index contributed by atoms with van der Waals surface area (Å²) in [5.74, 6) is 0.0270. The third-order valence-corrected chi connectivity index (χ3v) is 3.13. The maximum absolute atomic E-state index is 11.8. The molecule has 76 valence electrons. The van der Waals surface area contributed by atoms with E-state index >= 15 is 0 Å². The smallest absolute Gasteiger partial charge is 0.232 e. The Kier molecular flexibility index (Phi) is 1.87. The molecule has 0 aromatic heterocycles. The molecule has 0 aliphatic carbocycles. The van der Waals surface area contributed by atoms with Crippen molar-refractivity contribution in [3.05, 3.63) is 12.3 Å². The van der Waals surface area contributed by atoms with Crippen LogP contribution in [0.2, 0.25) is 0 Å². The average Bonchev–Trinajstić information content (AvgIpc) is 2.39. The zero-order chi connectivity index (χ0) is 10.3. The summed E-state index contributed by atoms with van der Waals surface area (Å²) < 4.78 is 0. The second-order valence-electron chi connectivity index (χ2n) is 4.26. The van der Waals surface area contributed by atoms with E-state index < -0.39 is 5.41 Å². The lowest BCUT2D eigenvalue weighted by Gasteiger charge is -2.32. The van der Waals surface area contributed by atoms with E-state index in [1.54, 1.807) is 11.9 Å². The maximum atomic E-state index is 11.8. The fourth-order valence-corrected chi connectivity index (χ4v) is 2.20. The van der Waals surface area contributed by atoms with Crippen LogP contribution in [0.4, 0.5) is 0 Å². The molecule has 1 N–H and O–H groups in total. The molecular formula is C10H14N2O2. The monoisotopic (exact) mass is 194 g/mol. The lowest BCUT2D eigenvalue weighted by Crippen LogP contribution is -2.45. The quantitative estimate of drug-likeness (QED) is 0.601. The summed E-state index contributed by atoms with van der Waals surface area (Å²) in [7, 11) is 1.74. The van der Waals surface area contributed by atoms with Gasteiger partial charge in [-0.3, -0.25) is 9.59 Å². The van der Waals surface area contributed by atoms with Gasteiger partial charge >= 0.3 is 0 Å². The fourth-order valence-electron chi connectivity index (χ4n) is 2.20. The van der Waals surface area contributed by atoms with Crippen molar-refractivity contribution in [2.24, 2.45) is 5.41 Å². The normalized spacial score (nSPS) is 32.6. The summed E-state index contributed by atoms with van der Waals surface area (Å²) in [4.78, 5) is 24.8. The van der Waals surface area contributed by atoms with Gasteiger partial charge in [-0.25, -0.2) is 0 Å². The number of hydrogen-bond donors (Lipinski definition) is 1. The minimum absolute atomic E-state index is 0.0357. The molecule has 2 fully saturated rings. The van der Waals surface area contributed by atoms with Crippen LogP contribution in [-0.4, -0.2) is 30.3 Å². The molecule has 1 unspecified atom stereocenters.